The topological polar surface area (TPSA) is 53.4 Å². The van der Waals surface area contributed by atoms with Crippen molar-refractivity contribution in [3.63, 3.8) is 0 Å². The van der Waals surface area contributed by atoms with Crippen molar-refractivity contribution in [1.82, 2.24) is 4.98 Å². The zero-order valence-corrected chi connectivity index (χ0v) is 15.8. The highest BCUT2D eigenvalue weighted by atomic mass is 16.4. The predicted octanol–water partition coefficient (Wildman–Crippen LogP) is 3.87. The first-order valence-corrected chi connectivity index (χ1v) is 9.44. The Balaban J connectivity index is 1.89. The highest BCUT2D eigenvalue weighted by Crippen LogP contribution is 2.36. The molecule has 2 N–H and O–H groups in total. The normalized spacial score (nSPS) is 18.2. The van der Waals surface area contributed by atoms with Crippen molar-refractivity contribution >= 4 is 12.6 Å². The second-order valence-electron chi connectivity index (χ2n) is 7.40. The summed E-state index contributed by atoms with van der Waals surface area (Å²) in [4.78, 5) is 4.89. The molecule has 0 fully saturated rings. The molecule has 0 bridgehead atoms. The van der Waals surface area contributed by atoms with Crippen molar-refractivity contribution < 1.29 is 10.0 Å². The van der Waals surface area contributed by atoms with Gasteiger partial charge in [-0.15, -0.1) is 0 Å². The molecule has 4 heteroatoms. The highest BCUT2D eigenvalue weighted by Gasteiger charge is 2.25. The van der Waals surface area contributed by atoms with Gasteiger partial charge in [0, 0.05) is 11.0 Å². The molecule has 0 spiro atoms. The van der Waals surface area contributed by atoms with Crippen molar-refractivity contribution in [2.75, 3.05) is 0 Å². The largest absolute Gasteiger partial charge is 0.488 e. The molecule has 1 aromatic heterocycles. The van der Waals surface area contributed by atoms with Gasteiger partial charge in [0.15, 0.2) is 0 Å². The van der Waals surface area contributed by atoms with E-state index in [-0.39, 0.29) is 5.41 Å². The standard InChI is InChI=1S/C24H22BNO2/c1-24(13-6-3-7-14-24)20-16-22(18-9-4-2-5-10-18)26-23(17-20)19-11-8-12-21(15-19)25(27)28/h2-13,15-17,27-28H,14H2,1H3. The van der Waals surface area contributed by atoms with E-state index in [1.54, 1.807) is 12.1 Å². The molecule has 1 heterocycles. The molecule has 1 aliphatic rings. The minimum absolute atomic E-state index is 0.107. The van der Waals surface area contributed by atoms with Crippen LogP contribution in [0.2, 0.25) is 0 Å². The second-order valence-corrected chi connectivity index (χ2v) is 7.40. The number of hydrogen-bond acceptors (Lipinski definition) is 3. The fraction of sp³-hybridized carbons (Fsp3) is 0.125. The molecule has 1 atom stereocenters. The molecule has 3 nitrogen and oxygen atoms in total. The first kappa shape index (κ1) is 18.4. The smallest absolute Gasteiger partial charge is 0.423 e. The van der Waals surface area contributed by atoms with Gasteiger partial charge in [0.2, 0.25) is 0 Å². The van der Waals surface area contributed by atoms with Crippen LogP contribution in [0.15, 0.2) is 91.0 Å². The van der Waals surface area contributed by atoms with Gasteiger partial charge < -0.3 is 10.0 Å². The van der Waals surface area contributed by atoms with E-state index >= 15 is 0 Å². The number of pyridine rings is 1. The monoisotopic (exact) mass is 367 g/mol. The summed E-state index contributed by atoms with van der Waals surface area (Å²) >= 11 is 0. The Hall–Kier alpha value is -2.95. The molecule has 1 aliphatic carbocycles. The summed E-state index contributed by atoms with van der Waals surface area (Å²) in [5.74, 6) is 0. The quantitative estimate of drug-likeness (QED) is 0.689. The summed E-state index contributed by atoms with van der Waals surface area (Å²) in [6.07, 6.45) is 9.51. The SMILES string of the molecule is CC1(c2cc(-c3ccccc3)nc(-c3cccc(B(O)O)c3)c2)C=CC=CC1. The molecule has 0 saturated carbocycles. The number of benzene rings is 2. The Bertz CT molecular complexity index is 1040. The highest BCUT2D eigenvalue weighted by molar-refractivity contribution is 6.58. The van der Waals surface area contributed by atoms with Crippen LogP contribution in [-0.2, 0) is 5.41 Å². The molecule has 0 saturated heterocycles. The Labute approximate surface area is 165 Å². The van der Waals surface area contributed by atoms with Crippen molar-refractivity contribution in [2.45, 2.75) is 18.8 Å². The molecule has 4 rings (SSSR count). The minimum Gasteiger partial charge on any atom is -0.423 e. The summed E-state index contributed by atoms with van der Waals surface area (Å²) in [7, 11) is -1.50. The number of rotatable bonds is 4. The first-order chi connectivity index (χ1) is 13.5. The Morgan fingerprint density at radius 1 is 0.857 bits per heavy atom. The summed E-state index contributed by atoms with van der Waals surface area (Å²) in [6.45, 7) is 2.23. The van der Waals surface area contributed by atoms with Gasteiger partial charge in [-0.1, -0.05) is 85.8 Å². The lowest BCUT2D eigenvalue weighted by molar-refractivity contribution is 0.426. The zero-order chi connectivity index (χ0) is 19.6. The van der Waals surface area contributed by atoms with Crippen LogP contribution in [0, 0.1) is 0 Å². The van der Waals surface area contributed by atoms with Gasteiger partial charge in [-0.05, 0) is 35.1 Å². The van der Waals surface area contributed by atoms with E-state index < -0.39 is 7.12 Å². The number of allylic oxidation sites excluding steroid dienone is 4. The van der Waals surface area contributed by atoms with Crippen LogP contribution in [0.1, 0.15) is 18.9 Å². The van der Waals surface area contributed by atoms with Crippen LogP contribution in [0.25, 0.3) is 22.5 Å². The third-order valence-electron chi connectivity index (χ3n) is 5.29. The maximum absolute atomic E-state index is 9.55. The zero-order valence-electron chi connectivity index (χ0n) is 15.8. The van der Waals surface area contributed by atoms with Crippen molar-refractivity contribution in [3.05, 3.63) is 96.6 Å². The second kappa shape index (κ2) is 7.59. The Kier molecular flexibility index (Phi) is 4.99. The number of nitrogens with zero attached hydrogens (tertiary/aromatic N) is 1. The molecule has 28 heavy (non-hydrogen) atoms. The van der Waals surface area contributed by atoms with E-state index in [4.69, 9.17) is 4.98 Å². The predicted molar refractivity (Wildman–Crippen MR) is 115 cm³/mol. The summed E-state index contributed by atoms with van der Waals surface area (Å²) in [5, 5.41) is 19.1. The maximum atomic E-state index is 9.55. The first-order valence-electron chi connectivity index (χ1n) is 9.44. The van der Waals surface area contributed by atoms with E-state index in [0.29, 0.717) is 5.46 Å². The van der Waals surface area contributed by atoms with Crippen LogP contribution in [0.4, 0.5) is 0 Å². The van der Waals surface area contributed by atoms with Crippen LogP contribution in [0.3, 0.4) is 0 Å². The minimum atomic E-state index is -1.50. The van der Waals surface area contributed by atoms with E-state index in [2.05, 4.69) is 55.5 Å². The van der Waals surface area contributed by atoms with Gasteiger partial charge in [0.1, 0.15) is 0 Å². The molecule has 3 aromatic rings. The van der Waals surface area contributed by atoms with E-state index in [0.717, 1.165) is 28.9 Å². The summed E-state index contributed by atoms with van der Waals surface area (Å²) < 4.78 is 0. The van der Waals surface area contributed by atoms with Gasteiger partial charge in [-0.25, -0.2) is 4.98 Å². The molecule has 0 aliphatic heterocycles. The van der Waals surface area contributed by atoms with Crippen molar-refractivity contribution in [2.24, 2.45) is 0 Å². The molecule has 2 aromatic carbocycles. The third kappa shape index (κ3) is 3.70. The third-order valence-corrected chi connectivity index (χ3v) is 5.29. The van der Waals surface area contributed by atoms with Crippen molar-refractivity contribution in [1.29, 1.82) is 0 Å². The van der Waals surface area contributed by atoms with Crippen molar-refractivity contribution in [3.8, 4) is 22.5 Å². The van der Waals surface area contributed by atoms with Gasteiger partial charge in [0.05, 0.1) is 11.4 Å². The van der Waals surface area contributed by atoms with Gasteiger partial charge in [-0.3, -0.25) is 0 Å². The average Bonchev–Trinajstić information content (AvgIpc) is 2.75. The average molecular weight is 367 g/mol. The lowest BCUT2D eigenvalue weighted by Crippen LogP contribution is -2.29. The molecular formula is C24H22BNO2. The maximum Gasteiger partial charge on any atom is 0.488 e. The Morgan fingerprint density at radius 3 is 2.25 bits per heavy atom. The molecular weight excluding hydrogens is 345 g/mol. The molecule has 0 radical (unpaired) electrons. The van der Waals surface area contributed by atoms with Crippen LogP contribution in [-0.4, -0.2) is 22.2 Å². The van der Waals surface area contributed by atoms with E-state index in [1.165, 1.54) is 5.56 Å². The molecule has 0 amide bonds. The number of aromatic nitrogens is 1. The van der Waals surface area contributed by atoms with Gasteiger partial charge >= 0.3 is 7.12 Å². The number of hydrogen-bond donors (Lipinski definition) is 2. The van der Waals surface area contributed by atoms with Crippen LogP contribution >= 0.6 is 0 Å². The van der Waals surface area contributed by atoms with Crippen LogP contribution < -0.4 is 5.46 Å². The van der Waals surface area contributed by atoms with Gasteiger partial charge in [0.25, 0.3) is 0 Å². The Morgan fingerprint density at radius 2 is 1.57 bits per heavy atom. The lowest BCUT2D eigenvalue weighted by Gasteiger charge is -2.28. The van der Waals surface area contributed by atoms with E-state index in [9.17, 15) is 10.0 Å². The van der Waals surface area contributed by atoms with E-state index in [1.807, 2.05) is 30.3 Å². The lowest BCUT2D eigenvalue weighted by atomic mass is 9.76. The summed E-state index contributed by atoms with van der Waals surface area (Å²) in [6, 6.07) is 21.7. The van der Waals surface area contributed by atoms with Gasteiger partial charge in [-0.2, -0.15) is 0 Å². The summed E-state index contributed by atoms with van der Waals surface area (Å²) in [5.41, 5.74) is 5.19. The molecule has 138 valence electrons. The van der Waals surface area contributed by atoms with Crippen LogP contribution in [0.5, 0.6) is 0 Å². The fourth-order valence-electron chi connectivity index (χ4n) is 3.57. The fourth-order valence-corrected chi connectivity index (χ4v) is 3.57. The molecule has 1 unspecified atom stereocenters.